The fraction of sp³-hybridized carbons (Fsp3) is 0.733. The van der Waals surface area contributed by atoms with E-state index < -0.39 is 0 Å². The molecular formula is C15H23N3OS. The van der Waals surface area contributed by atoms with E-state index in [-0.39, 0.29) is 5.91 Å². The van der Waals surface area contributed by atoms with E-state index in [1.165, 1.54) is 36.3 Å². The second kappa shape index (κ2) is 6.22. The van der Waals surface area contributed by atoms with Crippen molar-refractivity contribution in [1.29, 1.82) is 0 Å². The topological polar surface area (TPSA) is 45.2 Å². The van der Waals surface area contributed by atoms with Gasteiger partial charge in [0.25, 0.3) is 0 Å². The number of nitrogens with one attached hydrogen (secondary N) is 1. The van der Waals surface area contributed by atoms with E-state index in [2.05, 4.69) is 22.1 Å². The van der Waals surface area contributed by atoms with Crippen molar-refractivity contribution < 1.29 is 4.79 Å². The normalized spacial score (nSPS) is 23.4. The van der Waals surface area contributed by atoms with Crippen LogP contribution in [-0.2, 0) is 17.6 Å². The monoisotopic (exact) mass is 293 g/mol. The molecule has 4 nitrogen and oxygen atoms in total. The van der Waals surface area contributed by atoms with Crippen LogP contribution in [0.25, 0.3) is 0 Å². The molecule has 1 N–H and O–H groups in total. The van der Waals surface area contributed by atoms with Crippen LogP contribution in [0, 0.1) is 5.92 Å². The minimum Gasteiger partial charge on any atom is -0.301 e. The number of fused-ring (bicyclic) bond motifs is 1. The summed E-state index contributed by atoms with van der Waals surface area (Å²) in [6.07, 6.45) is 7.14. The number of hydrogen-bond donors (Lipinski definition) is 1. The van der Waals surface area contributed by atoms with Crippen molar-refractivity contribution in [3.63, 3.8) is 0 Å². The number of anilines is 1. The fourth-order valence-electron chi connectivity index (χ4n) is 3.07. The van der Waals surface area contributed by atoms with Crippen LogP contribution < -0.4 is 5.32 Å². The van der Waals surface area contributed by atoms with Crippen molar-refractivity contribution in [3.05, 3.63) is 10.6 Å². The minimum absolute atomic E-state index is 0.0889. The summed E-state index contributed by atoms with van der Waals surface area (Å²) in [6, 6.07) is 0. The van der Waals surface area contributed by atoms with E-state index in [0.717, 1.165) is 37.0 Å². The lowest BCUT2D eigenvalue weighted by Crippen LogP contribution is -2.36. The molecule has 1 unspecified atom stereocenters. The van der Waals surface area contributed by atoms with Crippen molar-refractivity contribution in [3.8, 4) is 0 Å². The molecule has 20 heavy (non-hydrogen) atoms. The van der Waals surface area contributed by atoms with Crippen LogP contribution in [0.5, 0.6) is 0 Å². The summed E-state index contributed by atoms with van der Waals surface area (Å²) < 4.78 is 0. The number of aromatic nitrogens is 1. The Balaban J connectivity index is 1.56. The van der Waals surface area contributed by atoms with Crippen LogP contribution >= 0.6 is 11.3 Å². The van der Waals surface area contributed by atoms with Crippen molar-refractivity contribution in [1.82, 2.24) is 9.88 Å². The number of aryl methyl sites for hydroxylation is 1. The lowest BCUT2D eigenvalue weighted by molar-refractivity contribution is -0.117. The summed E-state index contributed by atoms with van der Waals surface area (Å²) in [5.74, 6) is 0.839. The zero-order valence-corrected chi connectivity index (χ0v) is 13.0. The van der Waals surface area contributed by atoms with Gasteiger partial charge in [0.2, 0.25) is 5.91 Å². The Kier molecular flexibility index (Phi) is 4.36. The maximum absolute atomic E-state index is 12.1. The van der Waals surface area contributed by atoms with Crippen LogP contribution in [0.4, 0.5) is 5.13 Å². The molecule has 3 rings (SSSR count). The Bertz CT molecular complexity index is 479. The molecule has 1 aliphatic heterocycles. The molecule has 0 saturated carbocycles. The van der Waals surface area contributed by atoms with Gasteiger partial charge in [-0.15, -0.1) is 11.3 Å². The molecule has 0 bridgehead atoms. The molecular weight excluding hydrogens is 270 g/mol. The molecule has 1 aromatic heterocycles. The molecule has 5 heteroatoms. The first-order valence-corrected chi connectivity index (χ1v) is 8.53. The molecule has 1 fully saturated rings. The van der Waals surface area contributed by atoms with Gasteiger partial charge in [0.05, 0.1) is 12.2 Å². The third-order valence-electron chi connectivity index (χ3n) is 4.25. The highest BCUT2D eigenvalue weighted by Crippen LogP contribution is 2.32. The van der Waals surface area contributed by atoms with E-state index in [1.54, 1.807) is 11.3 Å². The van der Waals surface area contributed by atoms with Crippen LogP contribution in [-0.4, -0.2) is 35.4 Å². The Morgan fingerprint density at radius 2 is 2.20 bits per heavy atom. The minimum atomic E-state index is 0.0889. The van der Waals surface area contributed by atoms with Gasteiger partial charge in [-0.25, -0.2) is 4.98 Å². The molecule has 0 spiro atoms. The van der Waals surface area contributed by atoms with E-state index in [9.17, 15) is 4.79 Å². The first kappa shape index (κ1) is 14.0. The number of nitrogens with zero attached hydrogens (tertiary/aromatic N) is 2. The van der Waals surface area contributed by atoms with Gasteiger partial charge in [-0.05, 0) is 51.1 Å². The van der Waals surface area contributed by atoms with E-state index in [0.29, 0.717) is 6.54 Å². The van der Waals surface area contributed by atoms with Crippen LogP contribution in [0.3, 0.4) is 0 Å². The Morgan fingerprint density at radius 3 is 3.00 bits per heavy atom. The van der Waals surface area contributed by atoms with Gasteiger partial charge in [-0.3, -0.25) is 9.69 Å². The molecule has 2 heterocycles. The molecule has 0 radical (unpaired) electrons. The predicted octanol–water partition coefficient (Wildman–Crippen LogP) is 2.69. The van der Waals surface area contributed by atoms with Crippen LogP contribution in [0.2, 0.25) is 0 Å². The zero-order chi connectivity index (χ0) is 13.9. The molecule has 0 aromatic carbocycles. The van der Waals surface area contributed by atoms with Crippen LogP contribution in [0.1, 0.15) is 43.2 Å². The first-order valence-electron chi connectivity index (χ1n) is 7.71. The van der Waals surface area contributed by atoms with Crippen LogP contribution in [0.15, 0.2) is 0 Å². The van der Waals surface area contributed by atoms with Gasteiger partial charge in [0.15, 0.2) is 5.13 Å². The summed E-state index contributed by atoms with van der Waals surface area (Å²) in [6.45, 7) is 4.91. The second-order valence-electron chi connectivity index (χ2n) is 6.12. The standard InChI is InChI=1S/C15H23N3OS/c1-11-5-6-12-13(9-11)20-15(16-12)17-14(19)10-18-7-3-2-4-8-18/h11H,2-10H2,1H3,(H,16,17,19). The molecule has 1 aromatic rings. The number of hydrogen-bond acceptors (Lipinski definition) is 4. The lowest BCUT2D eigenvalue weighted by Gasteiger charge is -2.25. The van der Waals surface area contributed by atoms with Crippen molar-refractivity contribution in [2.75, 3.05) is 25.0 Å². The SMILES string of the molecule is CC1CCc2nc(NC(=O)CN3CCCCC3)sc2C1. The van der Waals surface area contributed by atoms with Crippen molar-refractivity contribution in [2.24, 2.45) is 5.92 Å². The summed E-state index contributed by atoms with van der Waals surface area (Å²) in [5, 5.41) is 3.79. The summed E-state index contributed by atoms with van der Waals surface area (Å²) in [4.78, 5) is 20.3. The summed E-state index contributed by atoms with van der Waals surface area (Å²) >= 11 is 1.67. The van der Waals surface area contributed by atoms with E-state index in [1.807, 2.05) is 0 Å². The Hall–Kier alpha value is -0.940. The Labute approximate surface area is 124 Å². The highest BCUT2D eigenvalue weighted by Gasteiger charge is 2.21. The molecule has 1 aliphatic carbocycles. The second-order valence-corrected chi connectivity index (χ2v) is 7.21. The molecule has 1 amide bonds. The average molecular weight is 293 g/mol. The van der Waals surface area contributed by atoms with Crippen molar-refractivity contribution >= 4 is 22.4 Å². The zero-order valence-electron chi connectivity index (χ0n) is 12.2. The number of likely N-dealkylation sites (tertiary alicyclic amines) is 1. The molecule has 110 valence electrons. The third-order valence-corrected chi connectivity index (χ3v) is 5.28. The third kappa shape index (κ3) is 3.38. The fourth-order valence-corrected chi connectivity index (χ4v) is 4.26. The molecule has 1 saturated heterocycles. The quantitative estimate of drug-likeness (QED) is 0.932. The number of rotatable bonds is 3. The maximum Gasteiger partial charge on any atom is 0.240 e. The van der Waals surface area contributed by atoms with Gasteiger partial charge in [0.1, 0.15) is 0 Å². The Morgan fingerprint density at radius 1 is 1.40 bits per heavy atom. The number of amides is 1. The number of thiazole rings is 1. The lowest BCUT2D eigenvalue weighted by atomic mass is 9.93. The number of carbonyl (C=O) groups is 1. The summed E-state index contributed by atoms with van der Waals surface area (Å²) in [7, 11) is 0. The molecule has 1 atom stereocenters. The average Bonchev–Trinajstić information content (AvgIpc) is 2.80. The maximum atomic E-state index is 12.1. The van der Waals surface area contributed by atoms with E-state index in [4.69, 9.17) is 0 Å². The predicted molar refractivity (Wildman–Crippen MR) is 82.2 cm³/mol. The largest absolute Gasteiger partial charge is 0.301 e. The number of carbonyl (C=O) groups excluding carboxylic acids is 1. The van der Waals surface area contributed by atoms with Gasteiger partial charge in [-0.2, -0.15) is 0 Å². The van der Waals surface area contributed by atoms with Gasteiger partial charge in [0, 0.05) is 4.88 Å². The first-order chi connectivity index (χ1) is 9.70. The summed E-state index contributed by atoms with van der Waals surface area (Å²) in [5.41, 5.74) is 1.21. The molecule has 2 aliphatic rings. The van der Waals surface area contributed by atoms with Gasteiger partial charge < -0.3 is 5.32 Å². The highest BCUT2D eigenvalue weighted by atomic mass is 32.1. The van der Waals surface area contributed by atoms with E-state index >= 15 is 0 Å². The van der Waals surface area contributed by atoms with Gasteiger partial charge >= 0.3 is 0 Å². The smallest absolute Gasteiger partial charge is 0.240 e. The van der Waals surface area contributed by atoms with Crippen molar-refractivity contribution in [2.45, 2.75) is 45.4 Å². The highest BCUT2D eigenvalue weighted by molar-refractivity contribution is 7.15. The van der Waals surface area contributed by atoms with Gasteiger partial charge in [-0.1, -0.05) is 13.3 Å². The number of piperidine rings is 1.